The zero-order chi connectivity index (χ0) is 19.1. The Bertz CT molecular complexity index is 705. The number of halogens is 1. The van der Waals surface area contributed by atoms with Gasteiger partial charge in [-0.2, -0.15) is 0 Å². The number of hydrogen-bond acceptors (Lipinski definition) is 4. The zero-order valence-corrected chi connectivity index (χ0v) is 19.5. The van der Waals surface area contributed by atoms with Gasteiger partial charge in [0.15, 0.2) is 5.96 Å². The normalized spacial score (nSPS) is 12.6. The van der Waals surface area contributed by atoms with E-state index in [0.29, 0.717) is 12.4 Å². The maximum atomic E-state index is 5.60. The molecule has 1 aromatic heterocycles. The molecule has 0 aliphatic heterocycles. The summed E-state index contributed by atoms with van der Waals surface area (Å²) < 4.78 is 5.60. The van der Waals surface area contributed by atoms with Gasteiger partial charge in [-0.05, 0) is 45.5 Å². The monoisotopic (exact) mass is 485 g/mol. The van der Waals surface area contributed by atoms with Crippen molar-refractivity contribution in [1.82, 2.24) is 20.5 Å². The van der Waals surface area contributed by atoms with E-state index in [2.05, 4.69) is 70.8 Å². The van der Waals surface area contributed by atoms with Crippen LogP contribution in [0.15, 0.2) is 33.7 Å². The number of oxazole rings is 1. The molecule has 0 aliphatic carbocycles. The van der Waals surface area contributed by atoms with Crippen LogP contribution in [0.5, 0.6) is 0 Å². The molecule has 2 N–H and O–H groups in total. The fraction of sp³-hybridized carbons (Fsp3) is 0.500. The van der Waals surface area contributed by atoms with Crippen LogP contribution < -0.4 is 10.6 Å². The Morgan fingerprint density at radius 2 is 1.85 bits per heavy atom. The SMILES string of the molecule is CCc1ccc(C(CNC(=NC)NCc2nc(C)c(C)o2)N(C)C)cc1.I. The minimum absolute atomic E-state index is 0. The van der Waals surface area contributed by atoms with Crippen molar-refractivity contribution >= 4 is 29.9 Å². The first-order chi connectivity index (χ1) is 12.4. The van der Waals surface area contributed by atoms with Crippen molar-refractivity contribution in [2.24, 2.45) is 4.99 Å². The molecule has 7 heteroatoms. The highest BCUT2D eigenvalue weighted by molar-refractivity contribution is 14.0. The van der Waals surface area contributed by atoms with E-state index in [0.717, 1.165) is 30.4 Å². The minimum Gasteiger partial charge on any atom is -0.444 e. The summed E-state index contributed by atoms with van der Waals surface area (Å²) in [5, 5.41) is 6.65. The van der Waals surface area contributed by atoms with Crippen molar-refractivity contribution in [3.05, 3.63) is 52.7 Å². The van der Waals surface area contributed by atoms with Crippen LogP contribution in [-0.2, 0) is 13.0 Å². The van der Waals surface area contributed by atoms with Crippen molar-refractivity contribution in [1.29, 1.82) is 0 Å². The number of aromatic nitrogens is 1. The van der Waals surface area contributed by atoms with E-state index in [9.17, 15) is 0 Å². The van der Waals surface area contributed by atoms with Crippen molar-refractivity contribution in [3.8, 4) is 0 Å². The smallest absolute Gasteiger partial charge is 0.214 e. The number of nitrogens with zero attached hydrogens (tertiary/aromatic N) is 3. The lowest BCUT2D eigenvalue weighted by molar-refractivity contribution is 0.298. The van der Waals surface area contributed by atoms with Gasteiger partial charge in [-0.25, -0.2) is 4.98 Å². The molecule has 1 atom stereocenters. The van der Waals surface area contributed by atoms with E-state index in [4.69, 9.17) is 4.42 Å². The summed E-state index contributed by atoms with van der Waals surface area (Å²) in [4.78, 5) is 10.9. The van der Waals surface area contributed by atoms with Gasteiger partial charge in [0.25, 0.3) is 0 Å². The minimum atomic E-state index is 0. The van der Waals surface area contributed by atoms with Crippen LogP contribution in [0.4, 0.5) is 0 Å². The van der Waals surface area contributed by atoms with Crippen LogP contribution in [0.2, 0.25) is 0 Å². The fourth-order valence-electron chi connectivity index (χ4n) is 2.76. The van der Waals surface area contributed by atoms with Gasteiger partial charge >= 0.3 is 0 Å². The molecule has 0 saturated carbocycles. The Morgan fingerprint density at radius 3 is 2.33 bits per heavy atom. The van der Waals surface area contributed by atoms with Gasteiger partial charge in [-0.15, -0.1) is 24.0 Å². The third-order valence-corrected chi connectivity index (χ3v) is 4.56. The highest BCUT2D eigenvalue weighted by atomic mass is 127. The first-order valence-corrected chi connectivity index (χ1v) is 9.07. The quantitative estimate of drug-likeness (QED) is 0.358. The van der Waals surface area contributed by atoms with E-state index in [1.807, 2.05) is 13.8 Å². The molecule has 2 aromatic rings. The maximum absolute atomic E-state index is 5.60. The van der Waals surface area contributed by atoms with Crippen LogP contribution in [0.3, 0.4) is 0 Å². The molecule has 150 valence electrons. The van der Waals surface area contributed by atoms with E-state index >= 15 is 0 Å². The molecule has 0 bridgehead atoms. The molecular weight excluding hydrogens is 453 g/mol. The fourth-order valence-corrected chi connectivity index (χ4v) is 2.76. The average molecular weight is 485 g/mol. The molecule has 6 nitrogen and oxygen atoms in total. The van der Waals surface area contributed by atoms with Gasteiger partial charge in [-0.1, -0.05) is 31.2 Å². The number of rotatable bonds is 7. The Labute approximate surface area is 179 Å². The molecule has 0 radical (unpaired) electrons. The second-order valence-electron chi connectivity index (χ2n) is 6.63. The van der Waals surface area contributed by atoms with Crippen LogP contribution in [-0.4, -0.2) is 43.5 Å². The van der Waals surface area contributed by atoms with Gasteiger partial charge in [0, 0.05) is 13.6 Å². The first kappa shape index (κ1) is 23.4. The zero-order valence-electron chi connectivity index (χ0n) is 17.2. The standard InChI is InChI=1S/C20H31N5O.HI/c1-7-16-8-10-17(11-9-16)18(25(5)6)12-22-20(21-4)23-13-19-24-14(2)15(3)26-19;/h8-11,18H,7,12-13H2,1-6H3,(H2,21,22,23);1H. The molecule has 1 aromatic carbocycles. The summed E-state index contributed by atoms with van der Waals surface area (Å²) in [6.45, 7) is 7.30. The highest BCUT2D eigenvalue weighted by Gasteiger charge is 2.15. The van der Waals surface area contributed by atoms with Crippen molar-refractivity contribution in [2.75, 3.05) is 27.7 Å². The molecule has 27 heavy (non-hydrogen) atoms. The lowest BCUT2D eigenvalue weighted by Gasteiger charge is -2.26. The van der Waals surface area contributed by atoms with Crippen molar-refractivity contribution in [2.45, 2.75) is 39.8 Å². The lowest BCUT2D eigenvalue weighted by Crippen LogP contribution is -2.41. The van der Waals surface area contributed by atoms with E-state index in [-0.39, 0.29) is 30.0 Å². The summed E-state index contributed by atoms with van der Waals surface area (Å²) >= 11 is 0. The molecule has 1 unspecified atom stereocenters. The number of guanidine groups is 1. The Morgan fingerprint density at radius 1 is 1.19 bits per heavy atom. The molecule has 0 aliphatic rings. The highest BCUT2D eigenvalue weighted by Crippen LogP contribution is 2.18. The van der Waals surface area contributed by atoms with Gasteiger partial charge < -0.3 is 20.0 Å². The van der Waals surface area contributed by atoms with E-state index in [1.165, 1.54) is 11.1 Å². The van der Waals surface area contributed by atoms with E-state index in [1.54, 1.807) is 7.05 Å². The maximum Gasteiger partial charge on any atom is 0.214 e. The molecule has 2 rings (SSSR count). The molecule has 0 amide bonds. The third kappa shape index (κ3) is 6.80. The second-order valence-corrected chi connectivity index (χ2v) is 6.63. The Kier molecular flexibility index (Phi) is 9.79. The van der Waals surface area contributed by atoms with Crippen LogP contribution in [0.25, 0.3) is 0 Å². The largest absolute Gasteiger partial charge is 0.444 e. The topological polar surface area (TPSA) is 65.7 Å². The summed E-state index contributed by atoms with van der Waals surface area (Å²) in [5.74, 6) is 2.26. The van der Waals surface area contributed by atoms with Crippen LogP contribution in [0.1, 0.15) is 41.4 Å². The molecule has 0 saturated heterocycles. The Balaban J connectivity index is 0.00000364. The molecule has 0 spiro atoms. The molecule has 0 fully saturated rings. The third-order valence-electron chi connectivity index (χ3n) is 4.56. The van der Waals surface area contributed by atoms with Crippen molar-refractivity contribution in [3.63, 3.8) is 0 Å². The Hall–Kier alpha value is -1.61. The second kappa shape index (κ2) is 11.3. The lowest BCUT2D eigenvalue weighted by atomic mass is 10.0. The van der Waals surface area contributed by atoms with E-state index < -0.39 is 0 Å². The van der Waals surface area contributed by atoms with Gasteiger partial charge in [0.05, 0.1) is 18.3 Å². The summed E-state index contributed by atoms with van der Waals surface area (Å²) in [6, 6.07) is 9.07. The number of nitrogens with one attached hydrogen (secondary N) is 2. The number of hydrogen-bond donors (Lipinski definition) is 2. The predicted molar refractivity (Wildman–Crippen MR) is 122 cm³/mol. The number of aryl methyl sites for hydroxylation is 3. The van der Waals surface area contributed by atoms with Crippen LogP contribution in [0, 0.1) is 13.8 Å². The number of aliphatic imine (C=N–C) groups is 1. The summed E-state index contributed by atoms with van der Waals surface area (Å²) in [5.41, 5.74) is 3.57. The number of likely N-dealkylation sites (N-methyl/N-ethyl adjacent to an activating group) is 1. The molecular formula is C20H32IN5O. The molecule has 1 heterocycles. The first-order valence-electron chi connectivity index (χ1n) is 9.07. The number of benzene rings is 1. The van der Waals surface area contributed by atoms with Crippen LogP contribution >= 0.6 is 24.0 Å². The predicted octanol–water partition coefficient (Wildman–Crippen LogP) is 3.44. The summed E-state index contributed by atoms with van der Waals surface area (Å²) in [7, 11) is 5.95. The van der Waals surface area contributed by atoms with Gasteiger partial charge in [0.1, 0.15) is 5.76 Å². The summed E-state index contributed by atoms with van der Waals surface area (Å²) in [6.07, 6.45) is 1.06. The van der Waals surface area contributed by atoms with Crippen molar-refractivity contribution < 1.29 is 4.42 Å². The van der Waals surface area contributed by atoms with Gasteiger partial charge in [0.2, 0.25) is 5.89 Å². The average Bonchev–Trinajstić information content (AvgIpc) is 2.96. The van der Waals surface area contributed by atoms with Gasteiger partial charge in [-0.3, -0.25) is 4.99 Å².